The summed E-state index contributed by atoms with van der Waals surface area (Å²) < 4.78 is 35.4. The van der Waals surface area contributed by atoms with Gasteiger partial charge in [-0.3, -0.25) is 0 Å². The third kappa shape index (κ3) is 4.77. The smallest absolute Gasteiger partial charge is 0.352 e. The summed E-state index contributed by atoms with van der Waals surface area (Å²) >= 11 is 3.14. The second-order valence-electron chi connectivity index (χ2n) is 5.24. The Balaban J connectivity index is 2.41. The molecule has 0 spiro atoms. The van der Waals surface area contributed by atoms with Gasteiger partial charge in [-0.05, 0) is 31.2 Å². The van der Waals surface area contributed by atoms with Crippen LogP contribution >= 0.6 is 15.9 Å². The molecule has 8 heteroatoms. The van der Waals surface area contributed by atoms with Crippen molar-refractivity contribution in [3.8, 4) is 11.5 Å². The molecule has 2 aromatic rings. The Hall–Kier alpha value is -2.61. The van der Waals surface area contributed by atoms with E-state index in [4.69, 9.17) is 18.9 Å². The normalized spacial score (nSPS) is 11.4. The van der Waals surface area contributed by atoms with Crippen molar-refractivity contribution in [1.82, 2.24) is 0 Å². The summed E-state index contributed by atoms with van der Waals surface area (Å²) in [5, 5.41) is 0. The Morgan fingerprint density at radius 3 is 2.48 bits per heavy atom. The Morgan fingerprint density at radius 1 is 1.15 bits per heavy atom. The molecule has 0 aliphatic carbocycles. The monoisotopic (exact) mass is 440 g/mol. The fourth-order valence-electron chi connectivity index (χ4n) is 2.39. The van der Waals surface area contributed by atoms with E-state index in [1.165, 1.54) is 38.5 Å². The lowest BCUT2D eigenvalue weighted by molar-refractivity contribution is -0.154. The van der Waals surface area contributed by atoms with Gasteiger partial charge in [-0.2, -0.15) is 0 Å². The average Bonchev–Trinajstić information content (AvgIpc) is 2.65. The highest BCUT2D eigenvalue weighted by molar-refractivity contribution is 9.10. The number of carbonyl (C=O) groups excluding carboxylic acids is 2. The van der Waals surface area contributed by atoms with Crippen LogP contribution in [0.25, 0.3) is 0 Å². The van der Waals surface area contributed by atoms with E-state index in [0.29, 0.717) is 10.2 Å². The fourth-order valence-corrected chi connectivity index (χ4v) is 2.72. The lowest BCUT2D eigenvalue weighted by Crippen LogP contribution is -2.23. The van der Waals surface area contributed by atoms with Gasteiger partial charge in [0.05, 0.1) is 20.8 Å². The van der Waals surface area contributed by atoms with E-state index in [1.54, 1.807) is 19.1 Å². The highest BCUT2D eigenvalue weighted by atomic mass is 79.9. The Morgan fingerprint density at radius 2 is 1.89 bits per heavy atom. The maximum atomic E-state index is 14.3. The zero-order valence-electron chi connectivity index (χ0n) is 15.0. The van der Waals surface area contributed by atoms with Crippen LogP contribution in [0.5, 0.6) is 11.5 Å². The SMILES string of the molecule is CCOC(=O)C(OC(=O)c1cccc(OC)c1OC)c1ccc(Br)cc1F. The van der Waals surface area contributed by atoms with Crippen LogP contribution in [0.3, 0.4) is 0 Å². The van der Waals surface area contributed by atoms with Gasteiger partial charge in [-0.25, -0.2) is 14.0 Å². The highest BCUT2D eigenvalue weighted by Gasteiger charge is 2.31. The first-order chi connectivity index (χ1) is 12.9. The minimum Gasteiger partial charge on any atom is -0.493 e. The van der Waals surface area contributed by atoms with Crippen LogP contribution in [0.4, 0.5) is 4.39 Å². The number of carbonyl (C=O) groups is 2. The number of esters is 2. The molecule has 0 saturated heterocycles. The molecule has 27 heavy (non-hydrogen) atoms. The molecule has 0 aromatic heterocycles. The molecule has 0 bridgehead atoms. The molecule has 2 aromatic carbocycles. The van der Waals surface area contributed by atoms with Gasteiger partial charge in [0.25, 0.3) is 0 Å². The molecule has 144 valence electrons. The molecule has 1 atom stereocenters. The van der Waals surface area contributed by atoms with Crippen LogP contribution in [0.1, 0.15) is 28.9 Å². The van der Waals surface area contributed by atoms with Crippen molar-refractivity contribution in [2.24, 2.45) is 0 Å². The van der Waals surface area contributed by atoms with Gasteiger partial charge >= 0.3 is 11.9 Å². The Labute approximate surface area is 164 Å². The van der Waals surface area contributed by atoms with E-state index in [-0.39, 0.29) is 23.5 Å². The number of methoxy groups -OCH3 is 2. The first-order valence-corrected chi connectivity index (χ1v) is 8.75. The van der Waals surface area contributed by atoms with E-state index in [0.717, 1.165) is 0 Å². The van der Waals surface area contributed by atoms with Crippen molar-refractivity contribution in [3.05, 3.63) is 57.8 Å². The van der Waals surface area contributed by atoms with Crippen LogP contribution in [0, 0.1) is 5.82 Å². The number of benzene rings is 2. The summed E-state index contributed by atoms with van der Waals surface area (Å²) in [4.78, 5) is 25.0. The Kier molecular flexibility index (Phi) is 7.18. The summed E-state index contributed by atoms with van der Waals surface area (Å²) in [5.74, 6) is -2.02. The topological polar surface area (TPSA) is 71.1 Å². The van der Waals surface area contributed by atoms with Crippen molar-refractivity contribution in [3.63, 3.8) is 0 Å². The summed E-state index contributed by atoms with van der Waals surface area (Å²) in [6, 6.07) is 8.66. The molecule has 0 heterocycles. The lowest BCUT2D eigenvalue weighted by Gasteiger charge is -2.19. The highest BCUT2D eigenvalue weighted by Crippen LogP contribution is 2.33. The second kappa shape index (κ2) is 9.36. The minimum absolute atomic E-state index is 0.0312. The van der Waals surface area contributed by atoms with Crippen molar-refractivity contribution < 1.29 is 32.9 Å². The molecular weight excluding hydrogens is 423 g/mol. The number of halogens is 2. The van der Waals surface area contributed by atoms with Crippen molar-refractivity contribution >= 4 is 27.9 Å². The number of para-hydroxylation sites is 1. The van der Waals surface area contributed by atoms with Gasteiger partial charge < -0.3 is 18.9 Å². The summed E-state index contributed by atoms with van der Waals surface area (Å²) in [7, 11) is 2.79. The third-order valence-electron chi connectivity index (χ3n) is 3.59. The molecule has 0 aliphatic heterocycles. The second-order valence-corrected chi connectivity index (χ2v) is 6.16. The quantitative estimate of drug-likeness (QED) is 0.604. The minimum atomic E-state index is -1.57. The number of ether oxygens (including phenoxy) is 4. The van der Waals surface area contributed by atoms with E-state index in [9.17, 15) is 14.0 Å². The number of rotatable bonds is 7. The van der Waals surface area contributed by atoms with Crippen LogP contribution in [0.2, 0.25) is 0 Å². The van der Waals surface area contributed by atoms with E-state index in [2.05, 4.69) is 15.9 Å². The van der Waals surface area contributed by atoms with Crippen LogP contribution in [-0.4, -0.2) is 32.8 Å². The summed E-state index contributed by atoms with van der Waals surface area (Å²) in [6.45, 7) is 1.65. The first-order valence-electron chi connectivity index (χ1n) is 7.96. The number of hydrogen-bond donors (Lipinski definition) is 0. The molecule has 0 radical (unpaired) electrons. The van der Waals surface area contributed by atoms with Gasteiger partial charge in [0, 0.05) is 10.0 Å². The van der Waals surface area contributed by atoms with Crippen LogP contribution in [0.15, 0.2) is 40.9 Å². The van der Waals surface area contributed by atoms with Crippen molar-refractivity contribution in [2.75, 3.05) is 20.8 Å². The van der Waals surface area contributed by atoms with Gasteiger partial charge in [0.2, 0.25) is 6.10 Å². The first kappa shape index (κ1) is 20.7. The zero-order valence-corrected chi connectivity index (χ0v) is 16.5. The molecule has 0 saturated carbocycles. The van der Waals surface area contributed by atoms with Crippen molar-refractivity contribution in [1.29, 1.82) is 0 Å². The predicted octanol–water partition coefficient (Wildman–Crippen LogP) is 4.07. The number of hydrogen-bond acceptors (Lipinski definition) is 6. The maximum absolute atomic E-state index is 14.3. The average molecular weight is 441 g/mol. The summed E-state index contributed by atoms with van der Waals surface area (Å²) in [6.07, 6.45) is -1.57. The van der Waals surface area contributed by atoms with E-state index >= 15 is 0 Å². The molecule has 6 nitrogen and oxygen atoms in total. The van der Waals surface area contributed by atoms with Crippen LogP contribution < -0.4 is 9.47 Å². The largest absolute Gasteiger partial charge is 0.493 e. The zero-order chi connectivity index (χ0) is 20.0. The molecule has 2 rings (SSSR count). The molecule has 0 amide bonds. The van der Waals surface area contributed by atoms with Gasteiger partial charge in [-0.15, -0.1) is 0 Å². The predicted molar refractivity (Wildman–Crippen MR) is 98.4 cm³/mol. The fraction of sp³-hybridized carbons (Fsp3) is 0.263. The molecular formula is C19H18BrFO6. The van der Waals surface area contributed by atoms with E-state index < -0.39 is 23.9 Å². The van der Waals surface area contributed by atoms with Gasteiger partial charge in [0.15, 0.2) is 11.5 Å². The van der Waals surface area contributed by atoms with Crippen molar-refractivity contribution in [2.45, 2.75) is 13.0 Å². The maximum Gasteiger partial charge on any atom is 0.352 e. The van der Waals surface area contributed by atoms with E-state index in [1.807, 2.05) is 0 Å². The van der Waals surface area contributed by atoms with Gasteiger partial charge in [0.1, 0.15) is 11.4 Å². The molecule has 0 aliphatic rings. The summed E-state index contributed by atoms with van der Waals surface area (Å²) in [5.41, 5.74) is -0.0875. The molecule has 0 N–H and O–H groups in total. The molecule has 0 fully saturated rings. The Bertz CT molecular complexity index is 839. The molecule has 1 unspecified atom stereocenters. The standard InChI is InChI=1S/C19H18BrFO6/c1-4-26-19(23)17(12-9-8-11(20)10-14(12)21)27-18(22)13-6-5-7-15(24-2)16(13)25-3/h5-10,17H,4H2,1-3H3. The third-order valence-corrected chi connectivity index (χ3v) is 4.09. The van der Waals surface area contributed by atoms with Crippen LogP contribution in [-0.2, 0) is 14.3 Å². The van der Waals surface area contributed by atoms with Gasteiger partial charge in [-0.1, -0.05) is 28.1 Å². The lowest BCUT2D eigenvalue weighted by atomic mass is 10.1.